The molecule has 1 fully saturated rings. The van der Waals surface area contributed by atoms with Gasteiger partial charge >= 0.3 is 0 Å². The number of ether oxygens (including phenoxy) is 2. The topological polar surface area (TPSA) is 63.7 Å². The summed E-state index contributed by atoms with van der Waals surface area (Å²) in [5, 5.41) is 2.82. The van der Waals surface area contributed by atoms with Crippen molar-refractivity contribution in [3.05, 3.63) is 84.2 Å². The molecule has 2 aromatic carbocycles. The first-order valence-electron chi connectivity index (χ1n) is 10.8. The molecule has 166 valence electrons. The van der Waals surface area contributed by atoms with E-state index < -0.39 is 5.60 Å². The van der Waals surface area contributed by atoms with Gasteiger partial charge < -0.3 is 14.8 Å². The molecule has 32 heavy (non-hydrogen) atoms. The summed E-state index contributed by atoms with van der Waals surface area (Å²) in [5.74, 6) is 0.751. The molecule has 6 heteroatoms. The highest BCUT2D eigenvalue weighted by Crippen LogP contribution is 2.27. The number of hydrogen-bond donors (Lipinski definition) is 1. The Labute approximate surface area is 189 Å². The predicted octanol–water partition coefficient (Wildman–Crippen LogP) is 3.32. The highest BCUT2D eigenvalue weighted by atomic mass is 16.5. The summed E-state index contributed by atoms with van der Waals surface area (Å²) in [7, 11) is 3.33. The average molecular weight is 432 g/mol. The third kappa shape index (κ3) is 4.98. The van der Waals surface area contributed by atoms with Crippen molar-refractivity contribution in [1.82, 2.24) is 15.2 Å². The number of methoxy groups -OCH3 is 1. The Morgan fingerprint density at radius 3 is 2.34 bits per heavy atom. The first-order chi connectivity index (χ1) is 15.6. The van der Waals surface area contributed by atoms with Crippen molar-refractivity contribution >= 4 is 5.91 Å². The lowest BCUT2D eigenvalue weighted by Gasteiger charge is -2.41. The second-order valence-electron chi connectivity index (χ2n) is 8.09. The molecule has 1 aromatic heterocycles. The van der Waals surface area contributed by atoms with Crippen LogP contribution in [-0.2, 0) is 22.5 Å². The number of carbonyl (C=O) groups is 1. The summed E-state index contributed by atoms with van der Waals surface area (Å²) in [6, 6.07) is 20.4. The summed E-state index contributed by atoms with van der Waals surface area (Å²) < 4.78 is 11.4. The van der Waals surface area contributed by atoms with Crippen LogP contribution in [0.4, 0.5) is 0 Å². The second-order valence-corrected chi connectivity index (χ2v) is 8.09. The number of likely N-dealkylation sites (N-methyl/N-ethyl adjacent to an activating group) is 1. The van der Waals surface area contributed by atoms with Gasteiger partial charge in [0.25, 0.3) is 5.91 Å². The molecule has 0 saturated carbocycles. The maximum Gasteiger partial charge on any atom is 0.253 e. The number of rotatable bonds is 7. The van der Waals surface area contributed by atoms with Gasteiger partial charge in [-0.15, -0.1) is 0 Å². The van der Waals surface area contributed by atoms with Crippen molar-refractivity contribution in [2.45, 2.75) is 18.6 Å². The van der Waals surface area contributed by atoms with Crippen LogP contribution in [-0.4, -0.2) is 55.2 Å². The minimum Gasteiger partial charge on any atom is -0.497 e. The van der Waals surface area contributed by atoms with E-state index in [1.807, 2.05) is 24.3 Å². The largest absolute Gasteiger partial charge is 0.497 e. The molecule has 1 aliphatic heterocycles. The zero-order valence-electron chi connectivity index (χ0n) is 18.6. The fourth-order valence-electron chi connectivity index (χ4n) is 4.22. The van der Waals surface area contributed by atoms with Crippen LogP contribution in [0.1, 0.15) is 11.1 Å². The van der Waals surface area contributed by atoms with Crippen LogP contribution in [0.25, 0.3) is 11.1 Å². The van der Waals surface area contributed by atoms with Gasteiger partial charge in [-0.05, 0) is 46.5 Å². The van der Waals surface area contributed by atoms with Gasteiger partial charge in [0.1, 0.15) is 5.75 Å². The molecule has 1 atom stereocenters. The van der Waals surface area contributed by atoms with Gasteiger partial charge in [-0.3, -0.25) is 14.7 Å². The molecule has 2 heterocycles. The number of benzene rings is 2. The SMILES string of the molecule is CNC(=O)[C@@]1(Cc2ccc(-c3ccncc3)cc2)CN(Cc2ccc(OC)cc2)CCO1. The van der Waals surface area contributed by atoms with E-state index in [2.05, 4.69) is 51.6 Å². The Kier molecular flexibility index (Phi) is 6.83. The van der Waals surface area contributed by atoms with Gasteiger partial charge in [0.2, 0.25) is 0 Å². The number of aromatic nitrogens is 1. The summed E-state index contributed by atoms with van der Waals surface area (Å²) in [5.41, 5.74) is 3.57. The van der Waals surface area contributed by atoms with Gasteiger partial charge in [0, 0.05) is 45.5 Å². The summed E-state index contributed by atoms with van der Waals surface area (Å²) in [6.45, 7) is 2.59. The maximum absolute atomic E-state index is 13.0. The maximum atomic E-state index is 13.0. The Bertz CT molecular complexity index is 1020. The number of pyridine rings is 1. The molecule has 6 nitrogen and oxygen atoms in total. The fraction of sp³-hybridized carbons (Fsp3) is 0.308. The van der Waals surface area contributed by atoms with Crippen molar-refractivity contribution in [3.63, 3.8) is 0 Å². The monoisotopic (exact) mass is 431 g/mol. The minimum absolute atomic E-state index is 0.0878. The normalized spacial score (nSPS) is 18.8. The molecule has 1 saturated heterocycles. The second kappa shape index (κ2) is 9.94. The zero-order valence-corrected chi connectivity index (χ0v) is 18.6. The Morgan fingerprint density at radius 1 is 1.03 bits per heavy atom. The van der Waals surface area contributed by atoms with E-state index in [0.717, 1.165) is 35.5 Å². The van der Waals surface area contributed by atoms with E-state index in [0.29, 0.717) is 19.6 Å². The molecule has 0 unspecified atom stereocenters. The predicted molar refractivity (Wildman–Crippen MR) is 124 cm³/mol. The molecule has 4 rings (SSSR count). The zero-order chi connectivity index (χ0) is 22.4. The fourth-order valence-corrected chi connectivity index (χ4v) is 4.22. The van der Waals surface area contributed by atoms with E-state index in [1.54, 1.807) is 26.6 Å². The highest BCUT2D eigenvalue weighted by Gasteiger charge is 2.43. The number of nitrogens with zero attached hydrogens (tertiary/aromatic N) is 2. The molecule has 0 bridgehead atoms. The van der Waals surface area contributed by atoms with Crippen LogP contribution < -0.4 is 10.1 Å². The molecule has 1 aliphatic rings. The smallest absolute Gasteiger partial charge is 0.253 e. The van der Waals surface area contributed by atoms with Crippen LogP contribution in [0.15, 0.2) is 73.1 Å². The average Bonchev–Trinajstić information content (AvgIpc) is 2.85. The van der Waals surface area contributed by atoms with Gasteiger partial charge in [-0.1, -0.05) is 36.4 Å². The standard InChI is InChI=1S/C26H29N3O3/c1-27-25(30)26(17-20-3-7-22(8-4-20)23-11-13-28-14-12-23)19-29(15-16-32-26)18-21-5-9-24(31-2)10-6-21/h3-14H,15-19H2,1-2H3,(H,27,30)/t26-/m1/s1. The van der Waals surface area contributed by atoms with Crippen LogP contribution in [0.3, 0.4) is 0 Å². The first kappa shape index (κ1) is 22.0. The third-order valence-electron chi connectivity index (χ3n) is 5.93. The molecule has 0 spiro atoms. The molecule has 0 radical (unpaired) electrons. The summed E-state index contributed by atoms with van der Waals surface area (Å²) in [6.07, 6.45) is 4.09. The van der Waals surface area contributed by atoms with Crippen LogP contribution >= 0.6 is 0 Å². The number of nitrogens with one attached hydrogen (secondary N) is 1. The Morgan fingerprint density at radius 2 is 1.69 bits per heavy atom. The molecule has 1 N–H and O–H groups in total. The Hall–Kier alpha value is -3.22. The van der Waals surface area contributed by atoms with E-state index in [-0.39, 0.29) is 5.91 Å². The van der Waals surface area contributed by atoms with Gasteiger partial charge in [-0.25, -0.2) is 0 Å². The third-order valence-corrected chi connectivity index (χ3v) is 5.93. The summed E-state index contributed by atoms with van der Waals surface area (Å²) in [4.78, 5) is 19.3. The van der Waals surface area contributed by atoms with Crippen molar-refractivity contribution in [2.24, 2.45) is 0 Å². The number of hydrogen-bond acceptors (Lipinski definition) is 5. The van der Waals surface area contributed by atoms with Crippen molar-refractivity contribution in [2.75, 3.05) is 33.9 Å². The highest BCUT2D eigenvalue weighted by molar-refractivity contribution is 5.86. The lowest BCUT2D eigenvalue weighted by Crippen LogP contribution is -2.60. The van der Waals surface area contributed by atoms with Gasteiger partial charge in [0.05, 0.1) is 13.7 Å². The van der Waals surface area contributed by atoms with Crippen molar-refractivity contribution in [1.29, 1.82) is 0 Å². The number of amides is 1. The quantitative estimate of drug-likeness (QED) is 0.622. The van der Waals surface area contributed by atoms with Gasteiger partial charge in [0.15, 0.2) is 5.60 Å². The van der Waals surface area contributed by atoms with Crippen LogP contribution in [0.2, 0.25) is 0 Å². The van der Waals surface area contributed by atoms with Crippen molar-refractivity contribution in [3.8, 4) is 16.9 Å². The number of carbonyl (C=O) groups excluding carboxylic acids is 1. The van der Waals surface area contributed by atoms with Gasteiger partial charge in [-0.2, -0.15) is 0 Å². The van der Waals surface area contributed by atoms with E-state index in [4.69, 9.17) is 9.47 Å². The lowest BCUT2D eigenvalue weighted by atomic mass is 9.90. The molecular weight excluding hydrogens is 402 g/mol. The van der Waals surface area contributed by atoms with Crippen LogP contribution in [0.5, 0.6) is 5.75 Å². The lowest BCUT2D eigenvalue weighted by molar-refractivity contribution is -0.160. The molecular formula is C26H29N3O3. The minimum atomic E-state index is -0.919. The molecule has 0 aliphatic carbocycles. The molecule has 3 aromatic rings. The van der Waals surface area contributed by atoms with E-state index >= 15 is 0 Å². The van der Waals surface area contributed by atoms with Crippen molar-refractivity contribution < 1.29 is 14.3 Å². The Balaban J connectivity index is 1.50. The first-order valence-corrected chi connectivity index (χ1v) is 10.8. The number of morpholine rings is 1. The van der Waals surface area contributed by atoms with Crippen LogP contribution in [0, 0.1) is 0 Å². The van der Waals surface area contributed by atoms with E-state index in [9.17, 15) is 4.79 Å². The van der Waals surface area contributed by atoms with E-state index in [1.165, 1.54) is 5.56 Å². The molecule has 1 amide bonds. The summed E-state index contributed by atoms with van der Waals surface area (Å²) >= 11 is 0.